The highest BCUT2D eigenvalue weighted by Crippen LogP contribution is 2.30. The van der Waals surface area contributed by atoms with Crippen molar-refractivity contribution >= 4 is 27.7 Å². The number of carbonyl (C=O) groups is 1. The van der Waals surface area contributed by atoms with Crippen molar-refractivity contribution in [2.45, 2.75) is 26.8 Å². The van der Waals surface area contributed by atoms with E-state index in [9.17, 15) is 4.79 Å². The molecular weight excluding hydrogens is 518 g/mol. The van der Waals surface area contributed by atoms with Gasteiger partial charge in [-0.3, -0.25) is 4.79 Å². The number of likely N-dealkylation sites (N-methyl/N-ethyl adjacent to an activating group) is 1. The average Bonchev–Trinajstić information content (AvgIpc) is 3.24. The molecule has 0 aliphatic carbocycles. The summed E-state index contributed by atoms with van der Waals surface area (Å²) in [7, 11) is 1.70. The standard InChI is InChI=1S/C28H36BrN5O2/c1-4-31-15-17-32(18-16-31)27-26(22(2)30-34(27)25-12-6-5-7-13-25)21-33(14-9-19-36-3)28(35)23-10-8-11-24(29)20-23/h5-8,10-13,20H,4,9,14-19,21H2,1-3H3. The van der Waals surface area contributed by atoms with Crippen LogP contribution >= 0.6 is 15.9 Å². The van der Waals surface area contributed by atoms with Crippen molar-refractivity contribution in [1.29, 1.82) is 0 Å². The molecule has 0 saturated carbocycles. The van der Waals surface area contributed by atoms with E-state index < -0.39 is 0 Å². The topological polar surface area (TPSA) is 53.8 Å². The fourth-order valence-electron chi connectivity index (χ4n) is 4.73. The summed E-state index contributed by atoms with van der Waals surface area (Å²) in [6, 6.07) is 17.9. The maximum Gasteiger partial charge on any atom is 0.254 e. The molecule has 1 amide bonds. The summed E-state index contributed by atoms with van der Waals surface area (Å²) in [5.41, 5.74) is 3.76. The SMILES string of the molecule is CCN1CCN(c2c(CN(CCCOC)C(=O)c3cccc(Br)c3)c(C)nn2-c2ccccc2)CC1. The van der Waals surface area contributed by atoms with Crippen LogP contribution in [0.15, 0.2) is 59.1 Å². The molecule has 0 unspecified atom stereocenters. The Labute approximate surface area is 222 Å². The van der Waals surface area contributed by atoms with Gasteiger partial charge in [-0.05, 0) is 50.2 Å². The van der Waals surface area contributed by atoms with Gasteiger partial charge in [-0.1, -0.05) is 47.1 Å². The molecule has 36 heavy (non-hydrogen) atoms. The van der Waals surface area contributed by atoms with Crippen LogP contribution in [-0.4, -0.2) is 78.5 Å². The summed E-state index contributed by atoms with van der Waals surface area (Å²) in [4.78, 5) is 20.5. The Morgan fingerprint density at radius 2 is 1.83 bits per heavy atom. The monoisotopic (exact) mass is 553 g/mol. The molecule has 2 heterocycles. The number of benzene rings is 2. The fraction of sp³-hybridized carbons (Fsp3) is 0.429. The number of methoxy groups -OCH3 is 1. The molecule has 7 nitrogen and oxygen atoms in total. The van der Waals surface area contributed by atoms with Crippen LogP contribution in [0.25, 0.3) is 5.69 Å². The van der Waals surface area contributed by atoms with Crippen molar-refractivity contribution in [1.82, 2.24) is 19.6 Å². The van der Waals surface area contributed by atoms with Crippen molar-refractivity contribution in [3.8, 4) is 5.69 Å². The highest BCUT2D eigenvalue weighted by atomic mass is 79.9. The van der Waals surface area contributed by atoms with Crippen LogP contribution in [0, 0.1) is 6.92 Å². The number of hydrogen-bond acceptors (Lipinski definition) is 5. The van der Waals surface area contributed by atoms with Crippen molar-refractivity contribution in [3.63, 3.8) is 0 Å². The first kappa shape index (κ1) is 26.4. The number of para-hydroxylation sites is 1. The molecule has 3 aromatic rings. The summed E-state index contributed by atoms with van der Waals surface area (Å²) in [5, 5.41) is 4.98. The van der Waals surface area contributed by atoms with Crippen LogP contribution in [0.5, 0.6) is 0 Å². The number of hydrogen-bond donors (Lipinski definition) is 0. The van der Waals surface area contributed by atoms with Gasteiger partial charge in [0.1, 0.15) is 5.82 Å². The Balaban J connectivity index is 1.71. The molecule has 8 heteroatoms. The second kappa shape index (κ2) is 12.5. The van der Waals surface area contributed by atoms with Crippen LogP contribution in [0.1, 0.15) is 35.0 Å². The van der Waals surface area contributed by atoms with E-state index in [0.29, 0.717) is 25.3 Å². The number of aromatic nitrogens is 2. The summed E-state index contributed by atoms with van der Waals surface area (Å²) in [6.45, 7) is 10.9. The normalized spacial score (nSPS) is 14.3. The summed E-state index contributed by atoms with van der Waals surface area (Å²) in [5.74, 6) is 1.11. The zero-order valence-corrected chi connectivity index (χ0v) is 23.1. The van der Waals surface area contributed by atoms with Crippen molar-refractivity contribution in [2.24, 2.45) is 0 Å². The molecule has 1 aliphatic rings. The molecule has 1 aliphatic heterocycles. The van der Waals surface area contributed by atoms with Gasteiger partial charge in [0.15, 0.2) is 0 Å². The summed E-state index contributed by atoms with van der Waals surface area (Å²) in [6.07, 6.45) is 0.770. The molecule has 0 bridgehead atoms. The zero-order valence-electron chi connectivity index (χ0n) is 21.5. The first-order valence-corrected chi connectivity index (χ1v) is 13.5. The van der Waals surface area contributed by atoms with E-state index in [-0.39, 0.29) is 5.91 Å². The quantitative estimate of drug-likeness (QED) is 0.339. The Bertz CT molecular complexity index is 1140. The van der Waals surface area contributed by atoms with Gasteiger partial charge in [0.2, 0.25) is 0 Å². The molecule has 1 saturated heterocycles. The maximum absolute atomic E-state index is 13.7. The largest absolute Gasteiger partial charge is 0.385 e. The molecule has 0 atom stereocenters. The number of halogens is 1. The van der Waals surface area contributed by atoms with Crippen molar-refractivity contribution in [3.05, 3.63) is 75.9 Å². The Morgan fingerprint density at radius 3 is 2.50 bits per heavy atom. The lowest BCUT2D eigenvalue weighted by molar-refractivity contribution is 0.0723. The van der Waals surface area contributed by atoms with Gasteiger partial charge < -0.3 is 19.4 Å². The lowest BCUT2D eigenvalue weighted by atomic mass is 10.1. The number of nitrogens with zero attached hydrogens (tertiary/aromatic N) is 5. The number of ether oxygens (including phenoxy) is 1. The Morgan fingerprint density at radius 1 is 1.08 bits per heavy atom. The van der Waals surface area contributed by atoms with Crippen LogP contribution < -0.4 is 4.90 Å². The smallest absolute Gasteiger partial charge is 0.254 e. The lowest BCUT2D eigenvalue weighted by Gasteiger charge is -2.36. The highest BCUT2D eigenvalue weighted by molar-refractivity contribution is 9.10. The second-order valence-corrected chi connectivity index (χ2v) is 10.1. The average molecular weight is 555 g/mol. The minimum Gasteiger partial charge on any atom is -0.385 e. The van der Waals surface area contributed by atoms with Gasteiger partial charge in [-0.15, -0.1) is 0 Å². The van der Waals surface area contributed by atoms with E-state index in [1.54, 1.807) is 7.11 Å². The van der Waals surface area contributed by atoms with E-state index in [1.165, 1.54) is 0 Å². The fourth-order valence-corrected chi connectivity index (χ4v) is 5.13. The number of carbonyl (C=O) groups excluding carboxylic acids is 1. The number of rotatable bonds is 10. The molecule has 192 valence electrons. The van der Waals surface area contributed by atoms with Gasteiger partial charge in [0, 0.05) is 62.0 Å². The minimum atomic E-state index is 0.0148. The third kappa shape index (κ3) is 6.17. The highest BCUT2D eigenvalue weighted by Gasteiger charge is 2.28. The van der Waals surface area contributed by atoms with Gasteiger partial charge in [0.05, 0.1) is 17.9 Å². The number of piperazine rings is 1. The predicted octanol–water partition coefficient (Wildman–Crippen LogP) is 4.76. The molecule has 1 fully saturated rings. The maximum atomic E-state index is 13.7. The van der Waals surface area contributed by atoms with Crippen LogP contribution in [0.4, 0.5) is 5.82 Å². The summed E-state index contributed by atoms with van der Waals surface area (Å²) >= 11 is 3.51. The molecule has 2 aromatic carbocycles. The van der Waals surface area contributed by atoms with E-state index >= 15 is 0 Å². The van der Waals surface area contributed by atoms with Gasteiger partial charge in [-0.25, -0.2) is 4.68 Å². The van der Waals surface area contributed by atoms with Gasteiger partial charge in [-0.2, -0.15) is 5.10 Å². The van der Waals surface area contributed by atoms with Crippen LogP contribution in [0.3, 0.4) is 0 Å². The van der Waals surface area contributed by atoms with Crippen LogP contribution in [-0.2, 0) is 11.3 Å². The number of aryl methyl sites for hydroxylation is 1. The third-order valence-electron chi connectivity index (χ3n) is 6.76. The van der Waals surface area contributed by atoms with Crippen LogP contribution in [0.2, 0.25) is 0 Å². The Kier molecular flexibility index (Phi) is 9.18. The summed E-state index contributed by atoms with van der Waals surface area (Å²) < 4.78 is 8.25. The van der Waals surface area contributed by atoms with E-state index in [1.807, 2.05) is 47.4 Å². The van der Waals surface area contributed by atoms with E-state index in [0.717, 1.165) is 66.4 Å². The Hall–Kier alpha value is -2.68. The van der Waals surface area contributed by atoms with Crippen molar-refractivity contribution in [2.75, 3.05) is 57.9 Å². The zero-order chi connectivity index (χ0) is 25.5. The van der Waals surface area contributed by atoms with Gasteiger partial charge in [0.25, 0.3) is 5.91 Å². The second-order valence-electron chi connectivity index (χ2n) is 9.14. The molecule has 0 radical (unpaired) electrons. The minimum absolute atomic E-state index is 0.0148. The van der Waals surface area contributed by atoms with Crippen molar-refractivity contribution < 1.29 is 9.53 Å². The lowest BCUT2D eigenvalue weighted by Crippen LogP contribution is -2.47. The first-order valence-electron chi connectivity index (χ1n) is 12.7. The van der Waals surface area contributed by atoms with E-state index in [2.05, 4.69) is 56.4 Å². The molecule has 0 spiro atoms. The predicted molar refractivity (Wildman–Crippen MR) is 148 cm³/mol. The van der Waals surface area contributed by atoms with E-state index in [4.69, 9.17) is 9.84 Å². The molecular formula is C28H36BrN5O2. The molecule has 1 aromatic heterocycles. The molecule has 0 N–H and O–H groups in total. The third-order valence-corrected chi connectivity index (χ3v) is 7.25. The number of anilines is 1. The first-order chi connectivity index (χ1) is 17.5. The molecule has 4 rings (SSSR count). The number of amides is 1. The van der Waals surface area contributed by atoms with Gasteiger partial charge >= 0.3 is 0 Å².